The summed E-state index contributed by atoms with van der Waals surface area (Å²) in [6, 6.07) is 16.2. The van der Waals surface area contributed by atoms with Gasteiger partial charge in [-0.15, -0.1) is 0 Å². The molecule has 168 valence electrons. The Hall–Kier alpha value is -1.58. The van der Waals surface area contributed by atoms with E-state index >= 15 is 0 Å². The fraction of sp³-hybridized carbons (Fsp3) is 0.586. The van der Waals surface area contributed by atoms with E-state index in [4.69, 9.17) is 9.31 Å². The van der Waals surface area contributed by atoms with Gasteiger partial charge in [0.05, 0.1) is 11.2 Å². The number of rotatable bonds is 2. The Balaban J connectivity index is 1.41. The van der Waals surface area contributed by atoms with E-state index in [0.29, 0.717) is 5.92 Å². The molecule has 1 saturated heterocycles. The minimum absolute atomic E-state index is 0.292. The normalized spacial score (nSPS) is 34.3. The quantitative estimate of drug-likeness (QED) is 0.505. The van der Waals surface area contributed by atoms with Gasteiger partial charge in [-0.25, -0.2) is 0 Å². The maximum Gasteiger partial charge on any atom is 0.494 e. The second-order valence-corrected chi connectivity index (χ2v) is 12.2. The van der Waals surface area contributed by atoms with Gasteiger partial charge in [-0.05, 0) is 105 Å². The molecule has 1 aliphatic heterocycles. The average molecular weight is 428 g/mol. The number of benzene rings is 2. The Labute approximate surface area is 194 Å². The van der Waals surface area contributed by atoms with E-state index in [1.807, 2.05) is 0 Å². The van der Waals surface area contributed by atoms with Crippen molar-refractivity contribution in [2.24, 2.45) is 23.7 Å². The van der Waals surface area contributed by atoms with Crippen LogP contribution in [0.2, 0.25) is 0 Å². The van der Waals surface area contributed by atoms with Crippen molar-refractivity contribution in [3.05, 3.63) is 53.6 Å². The molecule has 4 aliphatic rings. The Morgan fingerprint density at radius 1 is 0.812 bits per heavy atom. The van der Waals surface area contributed by atoms with Crippen LogP contribution in [0.4, 0.5) is 0 Å². The van der Waals surface area contributed by atoms with Gasteiger partial charge in [-0.1, -0.05) is 55.8 Å². The van der Waals surface area contributed by atoms with Gasteiger partial charge in [0.1, 0.15) is 0 Å². The lowest BCUT2D eigenvalue weighted by molar-refractivity contribution is 0.00578. The van der Waals surface area contributed by atoms with Crippen molar-refractivity contribution < 1.29 is 9.31 Å². The molecule has 32 heavy (non-hydrogen) atoms. The van der Waals surface area contributed by atoms with Crippen LogP contribution in [-0.4, -0.2) is 18.3 Å². The fourth-order valence-corrected chi connectivity index (χ4v) is 7.34. The summed E-state index contributed by atoms with van der Waals surface area (Å²) >= 11 is 0. The first-order valence-corrected chi connectivity index (χ1v) is 12.8. The van der Waals surface area contributed by atoms with Crippen molar-refractivity contribution in [1.82, 2.24) is 0 Å². The predicted octanol–water partition coefficient (Wildman–Crippen LogP) is 6.56. The van der Waals surface area contributed by atoms with Crippen molar-refractivity contribution in [1.29, 1.82) is 0 Å². The molecule has 0 amide bonds. The van der Waals surface area contributed by atoms with E-state index < -0.39 is 0 Å². The summed E-state index contributed by atoms with van der Waals surface area (Å²) in [7, 11) is -0.292. The molecule has 0 radical (unpaired) electrons. The summed E-state index contributed by atoms with van der Waals surface area (Å²) in [5.41, 5.74) is 6.49. The molecule has 2 aromatic carbocycles. The van der Waals surface area contributed by atoms with E-state index in [2.05, 4.69) is 77.1 Å². The van der Waals surface area contributed by atoms with Gasteiger partial charge in [-0.2, -0.15) is 0 Å². The molecular weight excluding hydrogens is 391 g/mol. The van der Waals surface area contributed by atoms with Gasteiger partial charge in [0.2, 0.25) is 0 Å². The van der Waals surface area contributed by atoms with Gasteiger partial charge in [0, 0.05) is 5.92 Å². The summed E-state index contributed by atoms with van der Waals surface area (Å²) in [6.07, 6.45) is 7.09. The zero-order valence-corrected chi connectivity index (χ0v) is 20.4. The van der Waals surface area contributed by atoms with Crippen molar-refractivity contribution in [2.45, 2.75) is 83.8 Å². The first-order chi connectivity index (χ1) is 15.2. The van der Waals surface area contributed by atoms with Gasteiger partial charge in [-0.3, -0.25) is 0 Å². The molecule has 3 aliphatic carbocycles. The van der Waals surface area contributed by atoms with Crippen LogP contribution in [0, 0.1) is 23.7 Å². The summed E-state index contributed by atoms with van der Waals surface area (Å²) < 4.78 is 12.9. The second-order valence-electron chi connectivity index (χ2n) is 12.2. The summed E-state index contributed by atoms with van der Waals surface area (Å²) in [5, 5.41) is 0. The van der Waals surface area contributed by atoms with Crippen molar-refractivity contribution in [2.75, 3.05) is 0 Å². The second kappa shape index (κ2) is 7.21. The molecule has 3 heteroatoms. The summed E-state index contributed by atoms with van der Waals surface area (Å²) in [6.45, 7) is 11.0. The largest absolute Gasteiger partial charge is 0.494 e. The highest BCUT2D eigenvalue weighted by Gasteiger charge is 2.52. The Kier molecular flexibility index (Phi) is 4.73. The Morgan fingerprint density at radius 2 is 1.53 bits per heavy atom. The SMILES string of the molecule is CC1CC2CCC(C3c4ccccc4-c4ccc(B5OC(C)(C)C(C)(C)O5)cc43)C(C1)C2. The highest BCUT2D eigenvalue weighted by Crippen LogP contribution is 2.56. The van der Waals surface area contributed by atoms with Crippen LogP contribution in [-0.2, 0) is 9.31 Å². The Morgan fingerprint density at radius 3 is 2.31 bits per heavy atom. The van der Waals surface area contributed by atoms with E-state index in [1.54, 1.807) is 5.56 Å². The molecule has 2 saturated carbocycles. The predicted molar refractivity (Wildman–Crippen MR) is 132 cm³/mol. The zero-order valence-electron chi connectivity index (χ0n) is 20.4. The van der Waals surface area contributed by atoms with Crippen molar-refractivity contribution >= 4 is 12.6 Å². The van der Waals surface area contributed by atoms with E-state index in [9.17, 15) is 0 Å². The molecule has 5 unspecified atom stereocenters. The van der Waals surface area contributed by atoms with Crippen LogP contribution >= 0.6 is 0 Å². The number of hydrogen-bond acceptors (Lipinski definition) is 2. The van der Waals surface area contributed by atoms with Gasteiger partial charge < -0.3 is 9.31 Å². The van der Waals surface area contributed by atoms with E-state index in [0.717, 1.165) is 23.7 Å². The lowest BCUT2D eigenvalue weighted by atomic mass is 9.59. The summed E-state index contributed by atoms with van der Waals surface area (Å²) in [4.78, 5) is 0. The third-order valence-electron chi connectivity index (χ3n) is 9.54. The van der Waals surface area contributed by atoms with Crippen LogP contribution in [0.1, 0.15) is 83.8 Å². The molecule has 0 aromatic heterocycles. The van der Waals surface area contributed by atoms with Gasteiger partial charge in [0.25, 0.3) is 0 Å². The van der Waals surface area contributed by atoms with Crippen LogP contribution in [0.15, 0.2) is 42.5 Å². The first kappa shape index (κ1) is 21.0. The maximum absolute atomic E-state index is 6.43. The zero-order chi connectivity index (χ0) is 22.3. The monoisotopic (exact) mass is 428 g/mol. The highest BCUT2D eigenvalue weighted by molar-refractivity contribution is 6.62. The Bertz CT molecular complexity index is 1020. The van der Waals surface area contributed by atoms with E-state index in [1.165, 1.54) is 54.3 Å². The van der Waals surface area contributed by atoms with Crippen LogP contribution in [0.5, 0.6) is 0 Å². The van der Waals surface area contributed by atoms with Crippen molar-refractivity contribution in [3.63, 3.8) is 0 Å². The highest BCUT2D eigenvalue weighted by atomic mass is 16.7. The molecule has 0 spiro atoms. The topological polar surface area (TPSA) is 18.5 Å². The summed E-state index contributed by atoms with van der Waals surface area (Å²) in [5.74, 6) is 3.98. The maximum atomic E-state index is 6.43. The van der Waals surface area contributed by atoms with Crippen LogP contribution in [0.3, 0.4) is 0 Å². The molecule has 5 atom stereocenters. The van der Waals surface area contributed by atoms with Crippen molar-refractivity contribution in [3.8, 4) is 11.1 Å². The molecule has 1 heterocycles. The third kappa shape index (κ3) is 3.15. The van der Waals surface area contributed by atoms with E-state index in [-0.39, 0.29) is 18.3 Å². The lowest BCUT2D eigenvalue weighted by Gasteiger charge is -2.45. The molecule has 2 aromatic rings. The number of hydrogen-bond donors (Lipinski definition) is 0. The molecule has 2 nitrogen and oxygen atoms in total. The third-order valence-corrected chi connectivity index (χ3v) is 9.54. The molecule has 3 fully saturated rings. The average Bonchev–Trinajstić information content (AvgIpc) is 3.17. The molecule has 2 bridgehead atoms. The first-order valence-electron chi connectivity index (χ1n) is 12.8. The standard InChI is InChI=1S/C29H37BO2/c1-18-14-19-10-12-22(20(15-18)16-19)27-25-9-7-6-8-23(25)24-13-11-21(17-26(24)27)30-31-28(2,3)29(4,5)32-30/h6-9,11,13,17-20,22,27H,10,12,14-16H2,1-5H3. The molecule has 6 rings (SSSR count). The smallest absolute Gasteiger partial charge is 0.399 e. The minimum atomic E-state index is -0.310. The molecule has 0 N–H and O–H groups in total. The fourth-order valence-electron chi connectivity index (χ4n) is 7.34. The molecular formula is C29H37BO2. The minimum Gasteiger partial charge on any atom is -0.399 e. The lowest BCUT2D eigenvalue weighted by Crippen LogP contribution is -2.41. The van der Waals surface area contributed by atoms with Crippen LogP contribution < -0.4 is 5.46 Å². The van der Waals surface area contributed by atoms with Crippen LogP contribution in [0.25, 0.3) is 11.1 Å². The van der Waals surface area contributed by atoms with Gasteiger partial charge in [0.15, 0.2) is 0 Å². The van der Waals surface area contributed by atoms with Gasteiger partial charge >= 0.3 is 7.12 Å². The number of fused-ring (bicyclic) bond motifs is 5.